The van der Waals surface area contributed by atoms with Gasteiger partial charge in [-0.05, 0) is 11.8 Å². The van der Waals surface area contributed by atoms with E-state index in [4.69, 9.17) is 0 Å². The zero-order chi connectivity index (χ0) is 10.8. The van der Waals surface area contributed by atoms with Crippen molar-refractivity contribution in [2.45, 2.75) is 79.1 Å². The van der Waals surface area contributed by atoms with Crippen molar-refractivity contribution < 1.29 is 0 Å². The molecule has 0 aliphatic carbocycles. The highest BCUT2D eigenvalue weighted by Gasteiger charge is 2.08. The molecular weight excluding hydrogens is 168 g/mol. The molecule has 0 bridgehead atoms. The van der Waals surface area contributed by atoms with Crippen LogP contribution in [0.25, 0.3) is 0 Å². The van der Waals surface area contributed by atoms with E-state index in [1.54, 1.807) is 0 Å². The molecule has 0 heterocycles. The van der Waals surface area contributed by atoms with E-state index in [1.165, 1.54) is 51.4 Å². The second-order valence-electron chi connectivity index (χ2n) is 4.91. The average Bonchev–Trinajstić information content (AvgIpc) is 2.15. The lowest BCUT2D eigenvalue weighted by atomic mass is 9.89. The van der Waals surface area contributed by atoms with Crippen LogP contribution in [0.2, 0.25) is 0 Å². The highest BCUT2D eigenvalue weighted by atomic mass is 14.1. The molecule has 0 radical (unpaired) electrons. The molecule has 0 rings (SSSR count). The highest BCUT2D eigenvalue weighted by Crippen LogP contribution is 2.23. The molecule has 0 saturated carbocycles. The van der Waals surface area contributed by atoms with Gasteiger partial charge in [0.05, 0.1) is 0 Å². The summed E-state index contributed by atoms with van der Waals surface area (Å²) >= 11 is 0. The molecule has 0 nitrogen and oxygen atoms in total. The predicted octanol–water partition coefficient (Wildman–Crippen LogP) is 5.42. The van der Waals surface area contributed by atoms with Gasteiger partial charge in [-0.15, -0.1) is 0 Å². The first kappa shape index (κ1) is 14.0. The Labute approximate surface area is 91.5 Å². The van der Waals surface area contributed by atoms with Crippen molar-refractivity contribution in [2.75, 3.05) is 0 Å². The fourth-order valence-corrected chi connectivity index (χ4v) is 2.41. The Morgan fingerprint density at radius 2 is 1.14 bits per heavy atom. The lowest BCUT2D eigenvalue weighted by Crippen LogP contribution is -2.03. The Bertz CT molecular complexity index is 101. The number of hydrogen-bond acceptors (Lipinski definition) is 0. The lowest BCUT2D eigenvalue weighted by molar-refractivity contribution is 0.354. The van der Waals surface area contributed by atoms with Gasteiger partial charge in [-0.2, -0.15) is 0 Å². The largest absolute Gasteiger partial charge is 0.0654 e. The Morgan fingerprint density at radius 1 is 0.643 bits per heavy atom. The molecule has 14 heavy (non-hydrogen) atoms. The molecule has 0 N–H and O–H groups in total. The van der Waals surface area contributed by atoms with E-state index in [-0.39, 0.29) is 0 Å². The Balaban J connectivity index is 3.57. The van der Waals surface area contributed by atoms with Gasteiger partial charge in [0, 0.05) is 0 Å². The van der Waals surface area contributed by atoms with Crippen LogP contribution in [0.4, 0.5) is 0 Å². The smallest absolute Gasteiger partial charge is 0.0414 e. The van der Waals surface area contributed by atoms with Gasteiger partial charge in [0.1, 0.15) is 0 Å². The van der Waals surface area contributed by atoms with Crippen LogP contribution in [0, 0.1) is 11.8 Å². The topological polar surface area (TPSA) is 0 Å². The van der Waals surface area contributed by atoms with Crippen LogP contribution in [-0.4, -0.2) is 0 Å². The first-order chi connectivity index (χ1) is 6.74. The zero-order valence-electron chi connectivity index (χ0n) is 10.8. The summed E-state index contributed by atoms with van der Waals surface area (Å²) in [6.45, 7) is 9.35. The van der Waals surface area contributed by atoms with Gasteiger partial charge < -0.3 is 0 Å². The van der Waals surface area contributed by atoms with E-state index in [2.05, 4.69) is 27.7 Å². The van der Waals surface area contributed by atoms with E-state index >= 15 is 0 Å². The van der Waals surface area contributed by atoms with Crippen LogP contribution in [0.15, 0.2) is 0 Å². The molecule has 0 heteroatoms. The molecule has 0 aromatic heterocycles. The van der Waals surface area contributed by atoms with Crippen molar-refractivity contribution in [3.63, 3.8) is 0 Å². The molecule has 0 saturated heterocycles. The molecule has 0 aromatic carbocycles. The Kier molecular flexibility index (Phi) is 9.55. The molecule has 86 valence electrons. The SMILES string of the molecule is CCCC(C)CCC(CCC)CCC. The van der Waals surface area contributed by atoms with E-state index < -0.39 is 0 Å². The van der Waals surface area contributed by atoms with E-state index in [1.807, 2.05) is 0 Å². The fourth-order valence-electron chi connectivity index (χ4n) is 2.41. The van der Waals surface area contributed by atoms with Crippen molar-refractivity contribution in [3.05, 3.63) is 0 Å². The van der Waals surface area contributed by atoms with E-state index in [0.29, 0.717) is 0 Å². The van der Waals surface area contributed by atoms with Crippen molar-refractivity contribution >= 4 is 0 Å². The van der Waals surface area contributed by atoms with Gasteiger partial charge in [0.25, 0.3) is 0 Å². The molecule has 0 aliphatic heterocycles. The van der Waals surface area contributed by atoms with Crippen LogP contribution in [0.1, 0.15) is 79.1 Å². The van der Waals surface area contributed by atoms with Crippen LogP contribution in [-0.2, 0) is 0 Å². The summed E-state index contributed by atoms with van der Waals surface area (Å²) in [7, 11) is 0. The van der Waals surface area contributed by atoms with Gasteiger partial charge in [-0.3, -0.25) is 0 Å². The maximum atomic E-state index is 2.42. The van der Waals surface area contributed by atoms with Crippen LogP contribution < -0.4 is 0 Å². The minimum absolute atomic E-state index is 0.955. The van der Waals surface area contributed by atoms with Crippen molar-refractivity contribution in [2.24, 2.45) is 11.8 Å². The minimum atomic E-state index is 0.955. The predicted molar refractivity (Wildman–Crippen MR) is 66.6 cm³/mol. The van der Waals surface area contributed by atoms with Crippen LogP contribution in [0.3, 0.4) is 0 Å². The monoisotopic (exact) mass is 198 g/mol. The minimum Gasteiger partial charge on any atom is -0.0654 e. The molecule has 0 amide bonds. The summed E-state index contributed by atoms with van der Waals surface area (Å²) in [5.74, 6) is 1.97. The van der Waals surface area contributed by atoms with Gasteiger partial charge in [0.2, 0.25) is 0 Å². The summed E-state index contributed by atoms with van der Waals surface area (Å²) in [5.41, 5.74) is 0. The first-order valence-electron chi connectivity index (χ1n) is 6.74. The molecule has 0 spiro atoms. The average molecular weight is 198 g/mol. The summed E-state index contributed by atoms with van der Waals surface area (Å²) in [4.78, 5) is 0. The first-order valence-corrected chi connectivity index (χ1v) is 6.74. The highest BCUT2D eigenvalue weighted by molar-refractivity contribution is 4.61. The number of rotatable bonds is 9. The van der Waals surface area contributed by atoms with Crippen molar-refractivity contribution in [1.29, 1.82) is 0 Å². The van der Waals surface area contributed by atoms with Crippen molar-refractivity contribution in [3.8, 4) is 0 Å². The van der Waals surface area contributed by atoms with Gasteiger partial charge >= 0.3 is 0 Å². The van der Waals surface area contributed by atoms with Gasteiger partial charge in [-0.1, -0.05) is 79.1 Å². The van der Waals surface area contributed by atoms with E-state index in [9.17, 15) is 0 Å². The normalized spacial score (nSPS) is 13.5. The summed E-state index contributed by atoms with van der Waals surface area (Å²) < 4.78 is 0. The Morgan fingerprint density at radius 3 is 1.57 bits per heavy atom. The van der Waals surface area contributed by atoms with E-state index in [0.717, 1.165) is 11.8 Å². The van der Waals surface area contributed by atoms with Gasteiger partial charge in [-0.25, -0.2) is 0 Å². The van der Waals surface area contributed by atoms with Gasteiger partial charge in [0.15, 0.2) is 0 Å². The number of hydrogen-bond donors (Lipinski definition) is 0. The molecule has 0 aliphatic rings. The third kappa shape index (κ3) is 7.41. The third-order valence-electron chi connectivity index (χ3n) is 3.24. The standard InChI is InChI=1S/C14H30/c1-5-8-13(4)11-12-14(9-6-2)10-7-3/h13-14H,5-12H2,1-4H3. The zero-order valence-corrected chi connectivity index (χ0v) is 10.8. The summed E-state index contributed by atoms with van der Waals surface area (Å²) in [5, 5.41) is 0. The summed E-state index contributed by atoms with van der Waals surface area (Å²) in [6, 6.07) is 0. The maximum Gasteiger partial charge on any atom is -0.0414 e. The van der Waals surface area contributed by atoms with Crippen molar-refractivity contribution in [1.82, 2.24) is 0 Å². The fraction of sp³-hybridized carbons (Fsp3) is 1.00. The maximum absolute atomic E-state index is 2.42. The van der Waals surface area contributed by atoms with Crippen LogP contribution >= 0.6 is 0 Å². The molecular formula is C14H30. The molecule has 1 unspecified atom stereocenters. The Hall–Kier alpha value is 0. The van der Waals surface area contributed by atoms with Crippen LogP contribution in [0.5, 0.6) is 0 Å². The summed E-state index contributed by atoms with van der Waals surface area (Å²) in [6.07, 6.45) is 11.3. The quantitative estimate of drug-likeness (QED) is 0.464. The lowest BCUT2D eigenvalue weighted by Gasteiger charge is -2.17. The second-order valence-corrected chi connectivity index (χ2v) is 4.91. The molecule has 0 fully saturated rings. The third-order valence-corrected chi connectivity index (χ3v) is 3.24. The molecule has 1 atom stereocenters. The second kappa shape index (κ2) is 9.55. The molecule has 0 aromatic rings.